The average molecular weight is 680 g/mol. The quantitative estimate of drug-likeness (QED) is 0.297. The van der Waals surface area contributed by atoms with Crippen LogP contribution in [0.1, 0.15) is 90.6 Å². The Labute approximate surface area is 280 Å². The Morgan fingerprint density at radius 3 is 2.35 bits per heavy atom. The van der Waals surface area contributed by atoms with Crippen molar-refractivity contribution in [2.75, 3.05) is 18.0 Å². The summed E-state index contributed by atoms with van der Waals surface area (Å²) in [5, 5.41) is 2.84. The van der Waals surface area contributed by atoms with E-state index in [9.17, 15) is 22.8 Å². The first-order valence-corrected chi connectivity index (χ1v) is 16.6. The number of anilines is 1. The molecule has 14 heteroatoms. The minimum atomic E-state index is -4.58. The third-order valence-corrected chi connectivity index (χ3v) is 9.97. The molecule has 4 heterocycles. The van der Waals surface area contributed by atoms with E-state index in [0.717, 1.165) is 38.2 Å². The van der Waals surface area contributed by atoms with Crippen LogP contribution in [0, 0.1) is 19.7 Å². The SMILES string of the molecule is Cc1nc(CC(N)=O)nc(C)c1-c1cc(F)c(COC2CCC2)c(N2CCC3(CC2)N=C(c2ccc(C(F)(F)F)nc2C2CC2)NC3=O)c1. The fourth-order valence-electron chi connectivity index (χ4n) is 6.97. The van der Waals surface area contributed by atoms with Crippen LogP contribution in [0.3, 0.4) is 0 Å². The number of aliphatic imine (C=N–C) groups is 1. The number of aromatic nitrogens is 3. The summed E-state index contributed by atoms with van der Waals surface area (Å²) >= 11 is 0. The zero-order valence-electron chi connectivity index (χ0n) is 27.3. The molecule has 3 fully saturated rings. The number of nitrogens with two attached hydrogens (primary N) is 1. The van der Waals surface area contributed by atoms with Gasteiger partial charge in [-0.2, -0.15) is 13.2 Å². The molecule has 4 aliphatic rings. The molecule has 0 bridgehead atoms. The van der Waals surface area contributed by atoms with Crippen LogP contribution in [0.5, 0.6) is 0 Å². The van der Waals surface area contributed by atoms with Crippen LogP contribution in [0.25, 0.3) is 11.1 Å². The van der Waals surface area contributed by atoms with E-state index in [1.54, 1.807) is 13.8 Å². The number of pyridine rings is 1. The molecule has 0 unspecified atom stereocenters. The first-order chi connectivity index (χ1) is 23.3. The van der Waals surface area contributed by atoms with Crippen LogP contribution in [0.2, 0.25) is 0 Å². The molecule has 2 aromatic heterocycles. The van der Waals surface area contributed by atoms with Crippen molar-refractivity contribution >= 4 is 23.3 Å². The molecule has 7 rings (SSSR count). The second kappa shape index (κ2) is 12.5. The van der Waals surface area contributed by atoms with Crippen molar-refractivity contribution in [3.63, 3.8) is 0 Å². The van der Waals surface area contributed by atoms with Gasteiger partial charge in [-0.15, -0.1) is 0 Å². The lowest BCUT2D eigenvalue weighted by Crippen LogP contribution is -2.49. The molecule has 1 saturated heterocycles. The smallest absolute Gasteiger partial charge is 0.373 e. The zero-order valence-corrected chi connectivity index (χ0v) is 27.3. The molecule has 2 saturated carbocycles. The zero-order chi connectivity index (χ0) is 34.7. The summed E-state index contributed by atoms with van der Waals surface area (Å²) in [5.41, 5.74) is 7.44. The highest BCUT2D eigenvalue weighted by atomic mass is 19.4. The number of halogens is 4. The van der Waals surface area contributed by atoms with Crippen LogP contribution in [-0.2, 0) is 33.5 Å². The molecule has 2 aliphatic heterocycles. The highest BCUT2D eigenvalue weighted by molar-refractivity contribution is 6.16. The second-order valence-corrected chi connectivity index (χ2v) is 13.5. The molecule has 49 heavy (non-hydrogen) atoms. The standard InChI is InChI=1S/C35H37F4N7O3/c1-18-30(19(2)42-29(41-18)16-28(40)47)21-14-25(36)24(17-49-22-4-3-5-22)26(15-21)46-12-10-34(11-13-46)33(48)44-32(45-34)23-8-9-27(35(37,38)39)43-31(23)20-6-7-20/h8-9,14-15,20,22H,3-7,10-13,16-17H2,1-2H3,(H2,40,47)(H,44,45,48). The number of aryl methyl sites for hydroxylation is 2. The molecule has 1 aromatic carbocycles. The van der Waals surface area contributed by atoms with Crippen molar-refractivity contribution in [1.82, 2.24) is 20.3 Å². The Morgan fingerprint density at radius 1 is 1.06 bits per heavy atom. The Balaban J connectivity index is 1.19. The number of nitrogens with zero attached hydrogens (tertiary/aromatic N) is 5. The summed E-state index contributed by atoms with van der Waals surface area (Å²) in [5.74, 6) is -0.856. The maximum Gasteiger partial charge on any atom is 0.433 e. The number of hydrogen-bond acceptors (Lipinski definition) is 8. The first-order valence-electron chi connectivity index (χ1n) is 16.6. The molecule has 1 spiro atoms. The van der Waals surface area contributed by atoms with Gasteiger partial charge in [0.1, 0.15) is 28.7 Å². The number of primary amides is 1. The third-order valence-electron chi connectivity index (χ3n) is 9.97. The summed E-state index contributed by atoms with van der Waals surface area (Å²) in [4.78, 5) is 44.7. The average Bonchev–Trinajstić information content (AvgIpc) is 3.81. The number of hydrogen-bond donors (Lipinski definition) is 2. The Hall–Kier alpha value is -4.46. The normalized spacial score (nSPS) is 19.2. The van der Waals surface area contributed by atoms with Crippen molar-refractivity contribution in [3.8, 4) is 11.1 Å². The maximum absolute atomic E-state index is 16.1. The fourth-order valence-corrected chi connectivity index (χ4v) is 6.97. The molecule has 0 atom stereocenters. The Bertz CT molecular complexity index is 1840. The first kappa shape index (κ1) is 33.1. The lowest BCUT2D eigenvalue weighted by atomic mass is 9.87. The molecule has 0 radical (unpaired) electrons. The van der Waals surface area contributed by atoms with E-state index >= 15 is 4.39 Å². The number of rotatable bonds is 9. The van der Waals surface area contributed by atoms with Gasteiger partial charge in [0.05, 0.1) is 24.8 Å². The van der Waals surface area contributed by atoms with Gasteiger partial charge in [-0.1, -0.05) is 0 Å². The Kier molecular flexibility index (Phi) is 8.40. The van der Waals surface area contributed by atoms with Crippen molar-refractivity contribution in [3.05, 3.63) is 69.8 Å². The van der Waals surface area contributed by atoms with Crippen LogP contribution >= 0.6 is 0 Å². The monoisotopic (exact) mass is 679 g/mol. The number of piperidine rings is 1. The van der Waals surface area contributed by atoms with Gasteiger partial charge in [-0.3, -0.25) is 14.6 Å². The molecule has 3 N–H and O–H groups in total. The number of ether oxygens (including phenoxy) is 1. The van der Waals surface area contributed by atoms with E-state index in [1.807, 2.05) is 11.0 Å². The van der Waals surface area contributed by atoms with Crippen LogP contribution in [0.15, 0.2) is 29.3 Å². The van der Waals surface area contributed by atoms with Gasteiger partial charge >= 0.3 is 6.18 Å². The van der Waals surface area contributed by atoms with E-state index in [0.29, 0.717) is 76.8 Å². The molecule has 258 valence electrons. The minimum absolute atomic E-state index is 0.0856. The molecule has 2 amide bonds. The Morgan fingerprint density at radius 2 is 1.76 bits per heavy atom. The van der Waals surface area contributed by atoms with Crippen LogP contribution < -0.4 is 16.0 Å². The number of amidine groups is 1. The topological polar surface area (TPSA) is 136 Å². The van der Waals surface area contributed by atoms with Gasteiger partial charge < -0.3 is 20.7 Å². The highest BCUT2D eigenvalue weighted by Crippen LogP contribution is 2.44. The van der Waals surface area contributed by atoms with Crippen LogP contribution in [-0.4, -0.2) is 57.3 Å². The van der Waals surface area contributed by atoms with Crippen molar-refractivity contribution in [2.45, 2.75) is 95.6 Å². The van der Waals surface area contributed by atoms with Gasteiger partial charge in [0.2, 0.25) is 5.91 Å². The number of nitrogens with one attached hydrogen (secondary N) is 1. The van der Waals surface area contributed by atoms with E-state index in [1.165, 1.54) is 12.1 Å². The predicted octanol–water partition coefficient (Wildman–Crippen LogP) is 5.20. The number of carbonyl (C=O) groups is 2. The summed E-state index contributed by atoms with van der Waals surface area (Å²) in [6.45, 7) is 4.39. The van der Waals surface area contributed by atoms with Crippen molar-refractivity contribution in [1.29, 1.82) is 0 Å². The van der Waals surface area contributed by atoms with Crippen molar-refractivity contribution < 1.29 is 31.9 Å². The largest absolute Gasteiger partial charge is 0.433 e. The second-order valence-electron chi connectivity index (χ2n) is 13.5. The minimum Gasteiger partial charge on any atom is -0.373 e. The lowest BCUT2D eigenvalue weighted by molar-refractivity contribution is -0.141. The maximum atomic E-state index is 16.1. The third kappa shape index (κ3) is 6.50. The molecule has 10 nitrogen and oxygen atoms in total. The van der Waals surface area contributed by atoms with Crippen molar-refractivity contribution in [2.24, 2.45) is 10.7 Å². The summed E-state index contributed by atoms with van der Waals surface area (Å²) in [7, 11) is 0. The number of alkyl halides is 3. The van der Waals surface area contributed by atoms with Gasteiger partial charge in [0.25, 0.3) is 5.91 Å². The lowest BCUT2D eigenvalue weighted by Gasteiger charge is -2.38. The number of amides is 2. The molecular formula is C35H37F4N7O3. The summed E-state index contributed by atoms with van der Waals surface area (Å²) in [6.07, 6.45) is 0.427. The number of benzene rings is 1. The fraction of sp³-hybridized carbons (Fsp3) is 0.486. The van der Waals surface area contributed by atoms with E-state index in [4.69, 9.17) is 15.5 Å². The molecular weight excluding hydrogens is 642 g/mol. The number of carbonyl (C=O) groups excluding carboxylic acids is 2. The summed E-state index contributed by atoms with van der Waals surface area (Å²) < 4.78 is 62.5. The van der Waals surface area contributed by atoms with Gasteiger partial charge in [-0.25, -0.2) is 19.3 Å². The van der Waals surface area contributed by atoms with E-state index in [2.05, 4.69) is 20.3 Å². The van der Waals surface area contributed by atoms with Gasteiger partial charge in [0.15, 0.2) is 0 Å². The van der Waals surface area contributed by atoms with Gasteiger partial charge in [0, 0.05) is 52.8 Å². The van der Waals surface area contributed by atoms with Gasteiger partial charge in [-0.05, 0) is 88.6 Å². The predicted molar refractivity (Wildman–Crippen MR) is 172 cm³/mol. The van der Waals surface area contributed by atoms with E-state index < -0.39 is 29.1 Å². The molecule has 3 aromatic rings. The highest BCUT2D eigenvalue weighted by Gasteiger charge is 2.47. The summed E-state index contributed by atoms with van der Waals surface area (Å²) in [6, 6.07) is 5.63. The molecule has 2 aliphatic carbocycles. The van der Waals surface area contributed by atoms with E-state index in [-0.39, 0.29) is 36.8 Å². The van der Waals surface area contributed by atoms with Crippen LogP contribution in [0.4, 0.5) is 23.2 Å².